The van der Waals surface area contributed by atoms with Gasteiger partial charge in [-0.2, -0.15) is 0 Å². The van der Waals surface area contributed by atoms with Crippen LogP contribution in [-0.4, -0.2) is 35.6 Å². The minimum absolute atomic E-state index is 0.200. The average Bonchev–Trinajstić information content (AvgIpc) is 2.48. The normalized spacial score (nSPS) is 9.93. The van der Waals surface area contributed by atoms with E-state index >= 15 is 0 Å². The van der Waals surface area contributed by atoms with Crippen LogP contribution in [0, 0.1) is 0 Å². The Kier molecular flexibility index (Phi) is 7.14. The Morgan fingerprint density at radius 3 is 1.07 bits per heavy atom. The molecule has 28 heavy (non-hydrogen) atoms. The van der Waals surface area contributed by atoms with Crippen LogP contribution in [0.2, 0.25) is 0 Å². The third-order valence-corrected chi connectivity index (χ3v) is 3.29. The van der Waals surface area contributed by atoms with Crippen LogP contribution in [0.4, 0.5) is 11.4 Å². The molecule has 0 aliphatic heterocycles. The summed E-state index contributed by atoms with van der Waals surface area (Å²) in [5, 5.41) is 0. The number of ether oxygens (including phenoxy) is 2. The van der Waals surface area contributed by atoms with Crippen molar-refractivity contribution in [2.75, 3.05) is 9.80 Å². The molecule has 1 rings (SSSR count). The summed E-state index contributed by atoms with van der Waals surface area (Å²) in [5.74, 6) is -4.91. The molecule has 150 valence electrons. The second-order valence-electron chi connectivity index (χ2n) is 5.72. The van der Waals surface area contributed by atoms with Crippen molar-refractivity contribution in [2.24, 2.45) is 0 Å². The number of hydrogen-bond acceptors (Lipinski definition) is 8. The van der Waals surface area contributed by atoms with E-state index in [-0.39, 0.29) is 22.9 Å². The van der Waals surface area contributed by atoms with Gasteiger partial charge in [-0.3, -0.25) is 28.8 Å². The quantitative estimate of drug-likeness (QED) is 0.555. The standard InChI is InChI=1S/C18H20N2O8/c1-9(21)19(10(2)22)15-7-16(20(11(3)23)12(4)24)18(28-14(6)26)8-17(15)27-13(5)25/h7-8H,1-6H3. The Labute approximate surface area is 161 Å². The van der Waals surface area contributed by atoms with E-state index in [4.69, 9.17) is 9.47 Å². The van der Waals surface area contributed by atoms with Gasteiger partial charge in [0.05, 0.1) is 11.4 Å². The van der Waals surface area contributed by atoms with E-state index in [0.29, 0.717) is 9.80 Å². The van der Waals surface area contributed by atoms with Gasteiger partial charge in [0, 0.05) is 47.6 Å². The highest BCUT2D eigenvalue weighted by molar-refractivity contribution is 6.17. The Bertz CT molecular complexity index is 779. The van der Waals surface area contributed by atoms with Crippen LogP contribution in [0.1, 0.15) is 41.5 Å². The molecular formula is C18H20N2O8. The molecule has 0 spiro atoms. The molecule has 1 aromatic carbocycles. The molecule has 0 saturated carbocycles. The molecule has 0 aliphatic carbocycles. The third kappa shape index (κ3) is 5.22. The van der Waals surface area contributed by atoms with Crippen molar-refractivity contribution in [1.82, 2.24) is 0 Å². The SMILES string of the molecule is CC(=O)Oc1cc(OC(C)=O)c(N(C(C)=O)C(C)=O)cc1N(C(C)=O)C(C)=O. The second-order valence-corrected chi connectivity index (χ2v) is 5.72. The summed E-state index contributed by atoms with van der Waals surface area (Å²) in [6.07, 6.45) is 0. The lowest BCUT2D eigenvalue weighted by Crippen LogP contribution is -2.36. The van der Waals surface area contributed by atoms with Gasteiger partial charge in [0.2, 0.25) is 23.6 Å². The number of rotatable bonds is 4. The largest absolute Gasteiger partial charge is 0.424 e. The Morgan fingerprint density at radius 1 is 0.571 bits per heavy atom. The molecule has 4 amide bonds. The molecule has 1 aromatic rings. The number of anilines is 2. The van der Waals surface area contributed by atoms with E-state index in [1.165, 1.54) is 0 Å². The summed E-state index contributed by atoms with van der Waals surface area (Å²) in [4.78, 5) is 72.2. The zero-order valence-corrected chi connectivity index (χ0v) is 16.3. The number of esters is 2. The molecule has 0 N–H and O–H groups in total. The van der Waals surface area contributed by atoms with E-state index < -0.39 is 35.6 Å². The summed E-state index contributed by atoms with van der Waals surface area (Å²) in [6, 6.07) is 2.13. The minimum Gasteiger partial charge on any atom is -0.424 e. The first-order chi connectivity index (χ1) is 12.9. The number of benzene rings is 1. The van der Waals surface area contributed by atoms with Crippen LogP contribution in [0.25, 0.3) is 0 Å². The number of amides is 4. The summed E-state index contributed by atoms with van der Waals surface area (Å²) in [6.45, 7) is 6.59. The number of hydrogen-bond donors (Lipinski definition) is 0. The first kappa shape index (κ1) is 22.5. The lowest BCUT2D eigenvalue weighted by atomic mass is 10.1. The van der Waals surface area contributed by atoms with Crippen LogP contribution in [-0.2, 0) is 28.8 Å². The molecule has 0 unspecified atom stereocenters. The van der Waals surface area contributed by atoms with E-state index in [0.717, 1.165) is 53.7 Å². The predicted molar refractivity (Wildman–Crippen MR) is 96.7 cm³/mol. The summed E-state index contributed by atoms with van der Waals surface area (Å²) < 4.78 is 10.1. The first-order valence-electron chi connectivity index (χ1n) is 8.04. The van der Waals surface area contributed by atoms with Crippen LogP contribution in [0.5, 0.6) is 11.5 Å². The minimum atomic E-state index is -0.773. The van der Waals surface area contributed by atoms with Gasteiger partial charge in [0.25, 0.3) is 0 Å². The first-order valence-corrected chi connectivity index (χ1v) is 8.04. The van der Waals surface area contributed by atoms with Crippen molar-refractivity contribution in [3.05, 3.63) is 12.1 Å². The van der Waals surface area contributed by atoms with Crippen LogP contribution in [0.3, 0.4) is 0 Å². The topological polar surface area (TPSA) is 127 Å². The van der Waals surface area contributed by atoms with E-state index in [9.17, 15) is 28.8 Å². The summed E-state index contributed by atoms with van der Waals surface area (Å²) >= 11 is 0. The predicted octanol–water partition coefficient (Wildman–Crippen LogP) is 1.34. The van der Waals surface area contributed by atoms with Crippen molar-refractivity contribution in [1.29, 1.82) is 0 Å². The molecule has 0 saturated heterocycles. The number of carbonyl (C=O) groups excluding carboxylic acids is 6. The Morgan fingerprint density at radius 2 is 0.857 bits per heavy atom. The van der Waals surface area contributed by atoms with Gasteiger partial charge >= 0.3 is 11.9 Å². The summed E-state index contributed by atoms with van der Waals surface area (Å²) in [5.41, 5.74) is -0.401. The highest BCUT2D eigenvalue weighted by Crippen LogP contribution is 2.41. The fourth-order valence-electron chi connectivity index (χ4n) is 2.48. The highest BCUT2D eigenvalue weighted by atomic mass is 16.5. The van der Waals surface area contributed by atoms with Gasteiger partial charge in [-0.05, 0) is 6.07 Å². The van der Waals surface area contributed by atoms with Crippen LogP contribution in [0.15, 0.2) is 12.1 Å². The maximum Gasteiger partial charge on any atom is 0.308 e. The lowest BCUT2D eigenvalue weighted by Gasteiger charge is -2.25. The molecule has 0 atom stereocenters. The van der Waals surface area contributed by atoms with Crippen molar-refractivity contribution in [2.45, 2.75) is 41.5 Å². The van der Waals surface area contributed by atoms with Gasteiger partial charge < -0.3 is 9.47 Å². The smallest absolute Gasteiger partial charge is 0.308 e. The van der Waals surface area contributed by atoms with Gasteiger partial charge in [0.15, 0.2) is 11.5 Å². The van der Waals surface area contributed by atoms with E-state index in [2.05, 4.69) is 0 Å². The maximum absolute atomic E-state index is 12.0. The third-order valence-electron chi connectivity index (χ3n) is 3.29. The molecule has 0 aromatic heterocycles. The second kappa shape index (κ2) is 8.89. The molecule has 0 bridgehead atoms. The van der Waals surface area contributed by atoms with Gasteiger partial charge in [-0.15, -0.1) is 0 Å². The van der Waals surface area contributed by atoms with Crippen LogP contribution >= 0.6 is 0 Å². The van der Waals surface area contributed by atoms with Crippen molar-refractivity contribution in [3.8, 4) is 11.5 Å². The van der Waals surface area contributed by atoms with E-state index in [1.807, 2.05) is 0 Å². The van der Waals surface area contributed by atoms with Gasteiger partial charge in [-0.25, -0.2) is 9.80 Å². The molecule has 0 fully saturated rings. The Hall–Kier alpha value is -3.56. The van der Waals surface area contributed by atoms with Crippen molar-refractivity contribution >= 4 is 46.9 Å². The molecule has 10 heteroatoms. The lowest BCUT2D eigenvalue weighted by molar-refractivity contribution is -0.132. The molecule has 0 aliphatic rings. The van der Waals surface area contributed by atoms with E-state index in [1.54, 1.807) is 0 Å². The average molecular weight is 392 g/mol. The number of imide groups is 2. The van der Waals surface area contributed by atoms with Gasteiger partial charge in [-0.1, -0.05) is 0 Å². The van der Waals surface area contributed by atoms with Crippen molar-refractivity contribution < 1.29 is 38.2 Å². The van der Waals surface area contributed by atoms with Crippen LogP contribution < -0.4 is 19.3 Å². The molecule has 0 heterocycles. The fraction of sp³-hybridized carbons (Fsp3) is 0.333. The molecular weight excluding hydrogens is 372 g/mol. The molecule has 0 radical (unpaired) electrons. The van der Waals surface area contributed by atoms with Crippen molar-refractivity contribution in [3.63, 3.8) is 0 Å². The number of carbonyl (C=O) groups is 6. The Balaban J connectivity index is 3.93. The molecule has 10 nitrogen and oxygen atoms in total. The monoisotopic (exact) mass is 392 g/mol. The zero-order valence-electron chi connectivity index (χ0n) is 16.3. The number of nitrogens with zero attached hydrogens (tertiary/aromatic N) is 2. The maximum atomic E-state index is 12.0. The zero-order chi connectivity index (χ0) is 21.8. The fourth-order valence-corrected chi connectivity index (χ4v) is 2.48. The summed E-state index contributed by atoms with van der Waals surface area (Å²) in [7, 11) is 0. The highest BCUT2D eigenvalue weighted by Gasteiger charge is 2.29. The van der Waals surface area contributed by atoms with Gasteiger partial charge in [0.1, 0.15) is 0 Å².